The number of halogens is 2. The Balaban J connectivity index is 2.23. The molecule has 19 heavy (non-hydrogen) atoms. The molecule has 3 nitrogen and oxygen atoms in total. The van der Waals surface area contributed by atoms with E-state index in [2.05, 4.69) is 37.2 Å². The number of benzene rings is 2. The van der Waals surface area contributed by atoms with Gasteiger partial charge in [0.1, 0.15) is 0 Å². The van der Waals surface area contributed by atoms with Crippen molar-refractivity contribution in [2.24, 2.45) is 0 Å². The van der Waals surface area contributed by atoms with Gasteiger partial charge in [-0.15, -0.1) is 0 Å². The Kier molecular flexibility index (Phi) is 4.27. The average Bonchev–Trinajstić information content (AvgIpc) is 2.33. The summed E-state index contributed by atoms with van der Waals surface area (Å²) in [7, 11) is 0. The first kappa shape index (κ1) is 14.1. The van der Waals surface area contributed by atoms with Crippen molar-refractivity contribution < 1.29 is 4.79 Å². The van der Waals surface area contributed by atoms with E-state index in [1.54, 1.807) is 24.3 Å². The van der Waals surface area contributed by atoms with E-state index in [0.29, 0.717) is 16.9 Å². The Morgan fingerprint density at radius 2 is 1.89 bits per heavy atom. The van der Waals surface area contributed by atoms with E-state index in [1.165, 1.54) is 0 Å². The van der Waals surface area contributed by atoms with Crippen LogP contribution in [0.4, 0.5) is 11.4 Å². The Labute approximate surface area is 128 Å². The predicted octanol–water partition coefficient (Wildman–Crippen LogP) is 4.35. The van der Waals surface area contributed by atoms with Gasteiger partial charge in [-0.2, -0.15) is 0 Å². The second-order valence-electron chi connectivity index (χ2n) is 4.15. The maximum Gasteiger partial charge on any atom is 0.255 e. The third kappa shape index (κ3) is 3.36. The molecule has 0 spiro atoms. The lowest BCUT2D eigenvalue weighted by Gasteiger charge is -2.09. The summed E-state index contributed by atoms with van der Waals surface area (Å²) < 4.78 is 1.76. The van der Waals surface area contributed by atoms with Crippen LogP contribution in [0.3, 0.4) is 0 Å². The van der Waals surface area contributed by atoms with E-state index in [9.17, 15) is 4.79 Å². The van der Waals surface area contributed by atoms with Crippen LogP contribution in [0.15, 0.2) is 45.3 Å². The lowest BCUT2D eigenvalue weighted by Crippen LogP contribution is -2.13. The molecule has 98 valence electrons. The van der Waals surface area contributed by atoms with Crippen molar-refractivity contribution in [2.75, 3.05) is 11.1 Å². The maximum absolute atomic E-state index is 12.2. The molecule has 0 aromatic heterocycles. The Bertz CT molecular complexity index is 641. The zero-order valence-corrected chi connectivity index (χ0v) is 13.4. The number of anilines is 2. The van der Waals surface area contributed by atoms with Gasteiger partial charge in [0.05, 0.1) is 0 Å². The third-order valence-electron chi connectivity index (χ3n) is 2.69. The van der Waals surface area contributed by atoms with Crippen molar-refractivity contribution in [3.63, 3.8) is 0 Å². The molecule has 5 heteroatoms. The van der Waals surface area contributed by atoms with Crippen LogP contribution in [-0.2, 0) is 0 Å². The van der Waals surface area contributed by atoms with E-state index in [4.69, 9.17) is 5.73 Å². The lowest BCUT2D eigenvalue weighted by molar-refractivity contribution is 0.102. The van der Waals surface area contributed by atoms with Crippen LogP contribution in [0.1, 0.15) is 15.9 Å². The molecule has 0 heterocycles. The fraction of sp³-hybridized carbons (Fsp3) is 0.0714. The van der Waals surface area contributed by atoms with E-state index in [1.807, 2.05) is 19.1 Å². The number of hydrogen-bond acceptors (Lipinski definition) is 2. The quantitative estimate of drug-likeness (QED) is 0.757. The summed E-state index contributed by atoms with van der Waals surface area (Å²) in [6.07, 6.45) is 0. The number of hydrogen-bond donors (Lipinski definition) is 2. The summed E-state index contributed by atoms with van der Waals surface area (Å²) in [6, 6.07) is 10.9. The monoisotopic (exact) mass is 382 g/mol. The van der Waals surface area contributed by atoms with Crippen molar-refractivity contribution in [1.82, 2.24) is 0 Å². The summed E-state index contributed by atoms with van der Waals surface area (Å²) in [5, 5.41) is 2.83. The summed E-state index contributed by atoms with van der Waals surface area (Å²) in [5.74, 6) is -0.147. The normalized spacial score (nSPS) is 10.3. The van der Waals surface area contributed by atoms with Gasteiger partial charge in [0, 0.05) is 25.9 Å². The third-order valence-corrected chi connectivity index (χ3v) is 3.90. The molecule has 2 rings (SSSR count). The van der Waals surface area contributed by atoms with Gasteiger partial charge in [-0.1, -0.05) is 15.9 Å². The fourth-order valence-corrected chi connectivity index (χ4v) is 2.42. The molecule has 0 aliphatic carbocycles. The molecule has 1 amide bonds. The van der Waals surface area contributed by atoms with Crippen molar-refractivity contribution in [2.45, 2.75) is 6.92 Å². The minimum Gasteiger partial charge on any atom is -0.398 e. The molecule has 0 aliphatic rings. The Hall–Kier alpha value is -1.33. The van der Waals surface area contributed by atoms with Gasteiger partial charge in [0.15, 0.2) is 0 Å². The van der Waals surface area contributed by atoms with Crippen molar-refractivity contribution in [3.8, 4) is 0 Å². The SMILES string of the molecule is Cc1cc(Br)ccc1C(=O)Nc1ccc(Br)c(N)c1. The number of rotatable bonds is 2. The van der Waals surface area contributed by atoms with Gasteiger partial charge < -0.3 is 11.1 Å². The number of nitrogens with one attached hydrogen (secondary N) is 1. The summed E-state index contributed by atoms with van der Waals surface area (Å²) in [6.45, 7) is 1.90. The molecule has 0 radical (unpaired) electrons. The standard InChI is InChI=1S/C14H12Br2N2O/c1-8-6-9(15)2-4-11(8)14(19)18-10-3-5-12(16)13(17)7-10/h2-7H,17H2,1H3,(H,18,19). The first-order valence-corrected chi connectivity index (χ1v) is 7.18. The van der Waals surface area contributed by atoms with Crippen LogP contribution in [-0.4, -0.2) is 5.91 Å². The second kappa shape index (κ2) is 5.75. The van der Waals surface area contributed by atoms with E-state index in [-0.39, 0.29) is 5.91 Å². The summed E-state index contributed by atoms with van der Waals surface area (Å²) in [5.41, 5.74) is 8.60. The zero-order chi connectivity index (χ0) is 14.0. The minimum absolute atomic E-state index is 0.147. The van der Waals surface area contributed by atoms with Gasteiger partial charge >= 0.3 is 0 Å². The van der Waals surface area contributed by atoms with Gasteiger partial charge in [0.25, 0.3) is 5.91 Å². The molecular weight excluding hydrogens is 372 g/mol. The molecule has 2 aromatic carbocycles. The number of carbonyl (C=O) groups excluding carboxylic acids is 1. The number of nitrogens with two attached hydrogens (primary N) is 1. The molecular formula is C14H12Br2N2O. The summed E-state index contributed by atoms with van der Waals surface area (Å²) in [4.78, 5) is 12.2. The molecule has 0 bridgehead atoms. The average molecular weight is 384 g/mol. The van der Waals surface area contributed by atoms with Crippen molar-refractivity contribution in [3.05, 3.63) is 56.5 Å². The van der Waals surface area contributed by atoms with Crippen molar-refractivity contribution >= 4 is 49.1 Å². The smallest absolute Gasteiger partial charge is 0.255 e. The number of amides is 1. The van der Waals surface area contributed by atoms with Crippen LogP contribution in [0.2, 0.25) is 0 Å². The van der Waals surface area contributed by atoms with E-state index in [0.717, 1.165) is 14.5 Å². The van der Waals surface area contributed by atoms with Crippen LogP contribution < -0.4 is 11.1 Å². The first-order chi connectivity index (χ1) is 8.97. The maximum atomic E-state index is 12.2. The molecule has 3 N–H and O–H groups in total. The number of nitrogen functional groups attached to an aromatic ring is 1. The largest absolute Gasteiger partial charge is 0.398 e. The molecule has 2 aromatic rings. The molecule has 0 atom stereocenters. The predicted molar refractivity (Wildman–Crippen MR) is 85.4 cm³/mol. The highest BCUT2D eigenvalue weighted by Gasteiger charge is 2.10. The fourth-order valence-electron chi connectivity index (χ4n) is 1.70. The highest BCUT2D eigenvalue weighted by atomic mass is 79.9. The van der Waals surface area contributed by atoms with Crippen LogP contribution >= 0.6 is 31.9 Å². The zero-order valence-electron chi connectivity index (χ0n) is 10.2. The molecule has 0 aliphatic heterocycles. The van der Waals surface area contributed by atoms with Crippen molar-refractivity contribution in [1.29, 1.82) is 0 Å². The molecule has 0 saturated carbocycles. The second-order valence-corrected chi connectivity index (χ2v) is 5.92. The molecule has 0 fully saturated rings. The lowest BCUT2D eigenvalue weighted by atomic mass is 10.1. The van der Waals surface area contributed by atoms with Crippen LogP contribution in [0.25, 0.3) is 0 Å². The summed E-state index contributed by atoms with van der Waals surface area (Å²) >= 11 is 6.69. The van der Waals surface area contributed by atoms with Gasteiger partial charge in [-0.25, -0.2) is 0 Å². The van der Waals surface area contributed by atoms with Gasteiger partial charge in [-0.05, 0) is 64.8 Å². The van der Waals surface area contributed by atoms with E-state index >= 15 is 0 Å². The number of carbonyl (C=O) groups is 1. The Morgan fingerprint density at radius 1 is 1.16 bits per heavy atom. The number of aryl methyl sites for hydroxylation is 1. The van der Waals surface area contributed by atoms with Crippen LogP contribution in [0.5, 0.6) is 0 Å². The topological polar surface area (TPSA) is 55.1 Å². The highest BCUT2D eigenvalue weighted by Crippen LogP contribution is 2.24. The highest BCUT2D eigenvalue weighted by molar-refractivity contribution is 9.10. The molecule has 0 saturated heterocycles. The Morgan fingerprint density at radius 3 is 2.53 bits per heavy atom. The van der Waals surface area contributed by atoms with Gasteiger partial charge in [-0.3, -0.25) is 4.79 Å². The van der Waals surface area contributed by atoms with Crippen LogP contribution in [0, 0.1) is 6.92 Å². The van der Waals surface area contributed by atoms with E-state index < -0.39 is 0 Å². The molecule has 0 unspecified atom stereocenters. The first-order valence-electron chi connectivity index (χ1n) is 5.60. The van der Waals surface area contributed by atoms with Gasteiger partial charge in [0.2, 0.25) is 0 Å². The minimum atomic E-state index is -0.147.